The zero-order valence-corrected chi connectivity index (χ0v) is 22.5. The van der Waals surface area contributed by atoms with Crippen LogP contribution in [-0.4, -0.2) is 42.1 Å². The second-order valence-corrected chi connectivity index (χ2v) is 9.66. The molecule has 1 saturated carbocycles. The van der Waals surface area contributed by atoms with Crippen LogP contribution in [-0.2, 0) is 35.1 Å². The fourth-order valence-electron chi connectivity index (χ4n) is 4.02. The highest BCUT2D eigenvalue weighted by Crippen LogP contribution is 2.30. The Morgan fingerprint density at radius 2 is 1.43 bits per heavy atom. The fourth-order valence-corrected chi connectivity index (χ4v) is 4.02. The molecule has 9 heteroatoms. The van der Waals surface area contributed by atoms with Gasteiger partial charge in [0.05, 0.1) is 5.92 Å². The monoisotopic (exact) mass is 519 g/mol. The summed E-state index contributed by atoms with van der Waals surface area (Å²) in [6.07, 6.45) is 5.34. The number of carbonyl (C=O) groups is 4. The number of hydrogen-bond donors (Lipinski definition) is 1. The zero-order chi connectivity index (χ0) is 27.4. The Morgan fingerprint density at radius 3 is 2.03 bits per heavy atom. The van der Waals surface area contributed by atoms with Gasteiger partial charge in [-0.3, -0.25) is 19.2 Å². The molecule has 3 atom stereocenters. The second-order valence-electron chi connectivity index (χ2n) is 9.66. The topological polar surface area (TPSA) is 131 Å². The van der Waals surface area contributed by atoms with E-state index in [1.54, 1.807) is 19.9 Å². The number of nitrogens with two attached hydrogens (primary N) is 1. The van der Waals surface area contributed by atoms with Gasteiger partial charge in [-0.05, 0) is 63.6 Å². The molecular formula is C28H41NO8. The molecule has 0 amide bonds. The Hall–Kier alpha value is -2.94. The van der Waals surface area contributed by atoms with Crippen molar-refractivity contribution in [2.45, 2.75) is 110 Å². The minimum atomic E-state index is -1.00. The maximum absolute atomic E-state index is 12.6. The van der Waals surface area contributed by atoms with Gasteiger partial charge < -0.3 is 24.7 Å². The molecule has 0 saturated heterocycles. The molecule has 0 heterocycles. The van der Waals surface area contributed by atoms with Crippen LogP contribution in [0.1, 0.15) is 91.0 Å². The molecule has 1 aliphatic rings. The predicted molar refractivity (Wildman–Crippen MR) is 137 cm³/mol. The van der Waals surface area contributed by atoms with Crippen molar-refractivity contribution in [1.82, 2.24) is 0 Å². The molecule has 2 N–H and O–H groups in total. The van der Waals surface area contributed by atoms with E-state index in [-0.39, 0.29) is 42.6 Å². The van der Waals surface area contributed by atoms with Crippen LogP contribution in [0.4, 0.5) is 0 Å². The van der Waals surface area contributed by atoms with Gasteiger partial charge in [0.1, 0.15) is 18.2 Å². The molecule has 2 rings (SSSR count). The summed E-state index contributed by atoms with van der Waals surface area (Å²) in [5.74, 6) is -1.65. The molecule has 0 bridgehead atoms. The van der Waals surface area contributed by atoms with Crippen molar-refractivity contribution in [3.63, 3.8) is 0 Å². The summed E-state index contributed by atoms with van der Waals surface area (Å²) < 4.78 is 21.8. The highest BCUT2D eigenvalue weighted by atomic mass is 16.6. The van der Waals surface area contributed by atoms with E-state index in [0.29, 0.717) is 18.4 Å². The first-order valence-electron chi connectivity index (χ1n) is 13.3. The van der Waals surface area contributed by atoms with Gasteiger partial charge in [-0.2, -0.15) is 0 Å². The van der Waals surface area contributed by atoms with E-state index in [2.05, 4.69) is 0 Å². The van der Waals surface area contributed by atoms with Gasteiger partial charge in [0, 0.05) is 12.8 Å². The summed E-state index contributed by atoms with van der Waals surface area (Å²) in [5.41, 5.74) is 6.70. The molecule has 0 aliphatic heterocycles. The van der Waals surface area contributed by atoms with Gasteiger partial charge in [-0.15, -0.1) is 0 Å². The molecule has 0 spiro atoms. The van der Waals surface area contributed by atoms with E-state index in [4.69, 9.17) is 24.7 Å². The average Bonchev–Trinajstić information content (AvgIpc) is 2.86. The first kappa shape index (κ1) is 30.3. The molecule has 206 valence electrons. The Labute approximate surface area is 219 Å². The van der Waals surface area contributed by atoms with E-state index in [1.165, 1.54) is 12.1 Å². The van der Waals surface area contributed by atoms with E-state index >= 15 is 0 Å². The van der Waals surface area contributed by atoms with Crippen LogP contribution in [0.5, 0.6) is 11.5 Å². The first-order valence-corrected chi connectivity index (χ1v) is 13.3. The van der Waals surface area contributed by atoms with E-state index < -0.39 is 36.2 Å². The van der Waals surface area contributed by atoms with Crippen molar-refractivity contribution >= 4 is 23.9 Å². The Morgan fingerprint density at radius 1 is 0.865 bits per heavy atom. The lowest BCUT2D eigenvalue weighted by atomic mass is 9.89. The van der Waals surface area contributed by atoms with Crippen LogP contribution in [0.25, 0.3) is 0 Å². The lowest BCUT2D eigenvalue weighted by Gasteiger charge is -2.26. The number of benzene rings is 1. The Bertz CT molecular complexity index is 925. The summed E-state index contributed by atoms with van der Waals surface area (Å²) >= 11 is 0. The number of rotatable bonds is 13. The summed E-state index contributed by atoms with van der Waals surface area (Å²) in [6, 6.07) is 3.70. The normalized spacial score (nSPS) is 16.2. The maximum atomic E-state index is 12.6. The number of hydrogen-bond acceptors (Lipinski definition) is 9. The Balaban J connectivity index is 1.99. The second kappa shape index (κ2) is 15.3. The van der Waals surface area contributed by atoms with E-state index in [0.717, 1.165) is 32.1 Å². The highest BCUT2D eigenvalue weighted by Gasteiger charge is 2.28. The largest absolute Gasteiger partial charge is 0.459 e. The lowest BCUT2D eigenvalue weighted by Crippen LogP contribution is -2.40. The van der Waals surface area contributed by atoms with Crippen molar-refractivity contribution in [2.75, 3.05) is 0 Å². The van der Waals surface area contributed by atoms with Crippen LogP contribution >= 0.6 is 0 Å². The molecule has 9 nitrogen and oxygen atoms in total. The molecule has 1 unspecified atom stereocenters. The Kier molecular flexibility index (Phi) is 12.6. The van der Waals surface area contributed by atoms with Crippen LogP contribution in [0.2, 0.25) is 0 Å². The van der Waals surface area contributed by atoms with Gasteiger partial charge >= 0.3 is 23.9 Å². The lowest BCUT2D eigenvalue weighted by molar-refractivity contribution is -0.169. The smallest absolute Gasteiger partial charge is 0.323 e. The molecule has 37 heavy (non-hydrogen) atoms. The van der Waals surface area contributed by atoms with Gasteiger partial charge in [-0.1, -0.05) is 39.2 Å². The minimum Gasteiger partial charge on any atom is -0.459 e. The van der Waals surface area contributed by atoms with Gasteiger partial charge in [0.2, 0.25) is 0 Å². The van der Waals surface area contributed by atoms with Crippen molar-refractivity contribution < 1.29 is 38.1 Å². The molecule has 1 aliphatic carbocycles. The molecule has 0 aromatic heterocycles. The number of esters is 4. The van der Waals surface area contributed by atoms with Crippen molar-refractivity contribution in [3.8, 4) is 11.5 Å². The minimum absolute atomic E-state index is 0.0915. The number of carbonyl (C=O) groups excluding carboxylic acids is 4. The highest BCUT2D eigenvalue weighted by molar-refractivity contribution is 5.77. The molecule has 0 radical (unpaired) electrons. The predicted octanol–water partition coefficient (Wildman–Crippen LogP) is 4.41. The van der Waals surface area contributed by atoms with Crippen LogP contribution in [0.3, 0.4) is 0 Å². The standard InChI is InChI=1S/C28H41NO8/c1-5-10-25(30)36-23-15-14-20(17-24(23)37-26(31)11-6-2)16-22(29)28(33)35-19(4)18(3)34-27(32)21-12-8-7-9-13-21/h14-15,17-19,21-22H,5-13,16,29H2,1-4H3/t18?,19-,22-/m0/s1. The van der Waals surface area contributed by atoms with Crippen molar-refractivity contribution in [1.29, 1.82) is 0 Å². The van der Waals surface area contributed by atoms with Gasteiger partial charge in [0.15, 0.2) is 11.5 Å². The van der Waals surface area contributed by atoms with Gasteiger partial charge in [0.25, 0.3) is 0 Å². The SMILES string of the molecule is CCCC(=O)Oc1ccc(C[C@H](N)C(=O)O[C@@H](C)C(C)OC(=O)C2CCCCC2)cc1OC(=O)CCC. The summed E-state index contributed by atoms with van der Waals surface area (Å²) in [7, 11) is 0. The molecule has 1 fully saturated rings. The maximum Gasteiger partial charge on any atom is 0.323 e. The number of ether oxygens (including phenoxy) is 4. The van der Waals surface area contributed by atoms with Gasteiger partial charge in [-0.25, -0.2) is 0 Å². The van der Waals surface area contributed by atoms with Crippen molar-refractivity contribution in [2.24, 2.45) is 11.7 Å². The van der Waals surface area contributed by atoms with Crippen LogP contribution in [0, 0.1) is 5.92 Å². The van der Waals surface area contributed by atoms with Crippen molar-refractivity contribution in [3.05, 3.63) is 23.8 Å². The third kappa shape index (κ3) is 10.1. The molecular weight excluding hydrogens is 478 g/mol. The van der Waals surface area contributed by atoms with E-state index in [9.17, 15) is 19.2 Å². The third-order valence-electron chi connectivity index (χ3n) is 6.33. The van der Waals surface area contributed by atoms with Crippen LogP contribution < -0.4 is 15.2 Å². The summed E-state index contributed by atoms with van der Waals surface area (Å²) in [4.78, 5) is 49.1. The zero-order valence-electron chi connectivity index (χ0n) is 22.5. The summed E-state index contributed by atoms with van der Waals surface area (Å²) in [6.45, 7) is 7.06. The first-order chi connectivity index (χ1) is 17.6. The average molecular weight is 520 g/mol. The fraction of sp³-hybridized carbons (Fsp3) is 0.643. The van der Waals surface area contributed by atoms with Crippen LogP contribution in [0.15, 0.2) is 18.2 Å². The molecule has 1 aromatic carbocycles. The quantitative estimate of drug-likeness (QED) is 0.297. The molecule has 1 aromatic rings. The van der Waals surface area contributed by atoms with E-state index in [1.807, 2.05) is 13.8 Å². The third-order valence-corrected chi connectivity index (χ3v) is 6.33. The summed E-state index contributed by atoms with van der Waals surface area (Å²) in [5, 5.41) is 0.